The Bertz CT molecular complexity index is 25.6. The third kappa shape index (κ3) is 878. The minimum Gasteiger partial charge on any atom is -0.424 e. The molecule has 0 atom stereocenters. The van der Waals surface area contributed by atoms with E-state index in [0.29, 0.717) is 0 Å². The summed E-state index contributed by atoms with van der Waals surface area (Å²) in [5.41, 5.74) is 0. The summed E-state index contributed by atoms with van der Waals surface area (Å²) < 4.78 is 16.8. The van der Waals surface area contributed by atoms with E-state index in [0.717, 1.165) is 6.82 Å². The van der Waals surface area contributed by atoms with Gasteiger partial charge in [0, 0.05) is 0 Å². The molecule has 0 heterocycles. The van der Waals surface area contributed by atoms with Crippen molar-refractivity contribution in [2.75, 3.05) is 0 Å². The summed E-state index contributed by atoms with van der Waals surface area (Å²) in [5.74, 6) is 0. The van der Waals surface area contributed by atoms with Gasteiger partial charge in [0.15, 0.2) is 1.43 Å². The molecule has 0 aromatic heterocycles. The Kier molecular flexibility index (Phi) is 0.714. The maximum absolute atomic E-state index is 11.0. The van der Waals surface area contributed by atoms with Crippen LogP contribution in [0.3, 0.4) is 0 Å². The SMILES string of the molecule is [3H]OB(C)F. The van der Waals surface area contributed by atoms with Gasteiger partial charge in [-0.25, -0.2) is 0 Å². The first-order valence-electron chi connectivity index (χ1n) is 1.44. The molecular formula is CH4BFO. The van der Waals surface area contributed by atoms with E-state index in [1.165, 1.54) is 0 Å². The van der Waals surface area contributed by atoms with Crippen molar-refractivity contribution in [3.63, 3.8) is 0 Å². The van der Waals surface area contributed by atoms with Gasteiger partial charge in [-0.2, -0.15) is 0 Å². The van der Waals surface area contributed by atoms with Crippen LogP contribution < -0.4 is 0 Å². The normalized spacial score (nSPS) is 10.0. The third-order valence-corrected chi connectivity index (χ3v) is 0. The van der Waals surface area contributed by atoms with Crippen LogP contribution >= 0.6 is 0 Å². The number of rotatable bonds is 1. The second-order valence-electron chi connectivity index (χ2n) is 0.543. The molecular weight excluding hydrogens is 57.8 g/mol. The summed E-state index contributed by atoms with van der Waals surface area (Å²) in [7, 11) is -1.45. The molecule has 0 spiro atoms. The second kappa shape index (κ2) is 1.29. The number of hydrogen-bond donors (Lipinski definition) is 1. The molecule has 0 aliphatic rings. The van der Waals surface area contributed by atoms with Gasteiger partial charge in [-0.15, -0.1) is 0 Å². The fraction of sp³-hybridized carbons (Fsp3) is 1.00. The van der Waals surface area contributed by atoms with E-state index in [-0.39, 0.29) is 0 Å². The van der Waals surface area contributed by atoms with E-state index in [1.54, 1.807) is 0 Å². The molecule has 24 valence electrons. The monoisotopic (exact) mass is 64.0 g/mol. The Labute approximate surface area is 26.1 Å². The molecule has 0 aliphatic heterocycles. The Morgan fingerprint density at radius 3 is 2.75 bits per heavy atom. The van der Waals surface area contributed by atoms with Crippen LogP contribution in [0, 0.1) is 0 Å². The molecule has 0 saturated carbocycles. The molecule has 1 N–H and O–H groups in total. The third-order valence-electron chi connectivity index (χ3n) is 0. The van der Waals surface area contributed by atoms with E-state index in [1.807, 2.05) is 0 Å². The zero-order valence-corrected chi connectivity index (χ0v) is 2.36. The molecule has 3 heteroatoms. The van der Waals surface area contributed by atoms with Crippen LogP contribution in [0.1, 0.15) is 0 Å². The predicted molar refractivity (Wildman–Crippen MR) is 14.9 cm³/mol. The molecule has 0 radical (unpaired) electrons. The average molecular weight is 63.9 g/mol. The Morgan fingerprint density at radius 2 is 2.75 bits per heavy atom. The number of hydrogen-bond acceptors (Lipinski definition) is 1. The van der Waals surface area contributed by atoms with Crippen molar-refractivity contribution in [2.45, 2.75) is 6.82 Å². The van der Waals surface area contributed by atoms with Gasteiger partial charge in [-0.1, -0.05) is 0 Å². The number of halogens is 1. The zero-order valence-electron chi connectivity index (χ0n) is 3.36. The van der Waals surface area contributed by atoms with E-state index in [9.17, 15) is 4.32 Å². The topological polar surface area (TPSA) is 20.2 Å². The first-order chi connectivity index (χ1) is 2.27. The van der Waals surface area contributed by atoms with Gasteiger partial charge in [0.25, 0.3) is 0 Å². The van der Waals surface area contributed by atoms with Crippen molar-refractivity contribution in [3.8, 4) is 0 Å². The van der Waals surface area contributed by atoms with Crippen molar-refractivity contribution < 1.29 is 9.34 Å². The predicted octanol–water partition coefficient (Wildman–Crippen LogP) is 0.0662. The molecule has 0 fully saturated rings. The highest BCUT2D eigenvalue weighted by Crippen LogP contribution is 1.65. The average Bonchev–Trinajstić information content (AvgIpc) is 1.38. The van der Waals surface area contributed by atoms with Gasteiger partial charge in [-0.3, -0.25) is 4.32 Å². The summed E-state index contributed by atoms with van der Waals surface area (Å²) in [6.07, 6.45) is 0. The first kappa shape index (κ1) is 2.21. The minimum absolute atomic E-state index is 1.15. The lowest BCUT2D eigenvalue weighted by Gasteiger charge is -1.66. The Balaban J connectivity index is 2.54. The summed E-state index contributed by atoms with van der Waals surface area (Å²) >= 11 is 0. The van der Waals surface area contributed by atoms with Crippen LogP contribution in [0.2, 0.25) is 6.82 Å². The fourth-order valence-corrected chi connectivity index (χ4v) is 0. The molecule has 4 heavy (non-hydrogen) atoms. The quantitative estimate of drug-likeness (QED) is 0.427. The molecule has 0 aromatic carbocycles. The fourth-order valence-electron chi connectivity index (χ4n) is 0. The minimum atomic E-state index is -1.45. The van der Waals surface area contributed by atoms with Crippen LogP contribution in [0.5, 0.6) is 0 Å². The lowest BCUT2D eigenvalue weighted by molar-refractivity contribution is 0.506. The van der Waals surface area contributed by atoms with Crippen LogP contribution in [0.4, 0.5) is 4.32 Å². The molecule has 0 aliphatic carbocycles. The standard InChI is InChI=1S/CH4BFO/c1-2(3)4/h4H,1H3/i4T. The Morgan fingerprint density at radius 1 is 2.50 bits per heavy atom. The smallest absolute Gasteiger partial charge is 0.424 e. The maximum atomic E-state index is 11.0. The molecule has 0 aromatic rings. The van der Waals surface area contributed by atoms with E-state index in [4.69, 9.17) is 1.43 Å². The molecule has 0 bridgehead atoms. The van der Waals surface area contributed by atoms with Crippen molar-refractivity contribution in [2.24, 2.45) is 0 Å². The van der Waals surface area contributed by atoms with Gasteiger partial charge in [0.1, 0.15) is 0 Å². The first-order valence-corrected chi connectivity index (χ1v) is 1.03. The van der Waals surface area contributed by atoms with Crippen LogP contribution in [-0.4, -0.2) is 13.7 Å². The van der Waals surface area contributed by atoms with Crippen molar-refractivity contribution >= 4 is 7.19 Å². The molecule has 0 unspecified atom stereocenters. The van der Waals surface area contributed by atoms with Crippen LogP contribution in [0.25, 0.3) is 0 Å². The van der Waals surface area contributed by atoms with E-state index < -0.39 is 7.19 Å². The molecule has 0 amide bonds. The van der Waals surface area contributed by atoms with Crippen molar-refractivity contribution in [3.05, 3.63) is 0 Å². The molecule has 1 nitrogen and oxygen atoms in total. The second-order valence-corrected chi connectivity index (χ2v) is 0.543. The van der Waals surface area contributed by atoms with Gasteiger partial charge in [0.2, 0.25) is 0 Å². The summed E-state index contributed by atoms with van der Waals surface area (Å²) in [5, 5.41) is 3.33. The summed E-state index contributed by atoms with van der Waals surface area (Å²) in [6.45, 7) is 1.15. The molecule has 0 saturated heterocycles. The van der Waals surface area contributed by atoms with Gasteiger partial charge in [0.05, 0.1) is 0 Å². The largest absolute Gasteiger partial charge is 0.493 e. The van der Waals surface area contributed by atoms with E-state index in [2.05, 4.69) is 5.03 Å². The van der Waals surface area contributed by atoms with Crippen molar-refractivity contribution in [1.82, 2.24) is 0 Å². The lowest BCUT2D eigenvalue weighted by Crippen LogP contribution is -1.90. The summed E-state index contributed by atoms with van der Waals surface area (Å²) in [4.78, 5) is 0. The summed E-state index contributed by atoms with van der Waals surface area (Å²) in [6, 6.07) is 0. The van der Waals surface area contributed by atoms with E-state index >= 15 is 0 Å². The highest BCUT2D eigenvalue weighted by atomic mass is 19.1. The maximum Gasteiger partial charge on any atom is 0.493 e. The zero-order chi connectivity index (χ0) is 4.28. The highest BCUT2D eigenvalue weighted by molar-refractivity contribution is 6.39. The molecule has 0 rings (SSSR count). The highest BCUT2D eigenvalue weighted by Gasteiger charge is 1.90. The lowest BCUT2D eigenvalue weighted by atomic mass is 10.0. The van der Waals surface area contributed by atoms with Crippen LogP contribution in [-0.2, 0) is 0 Å². The van der Waals surface area contributed by atoms with Gasteiger partial charge < -0.3 is 5.03 Å². The van der Waals surface area contributed by atoms with Gasteiger partial charge >= 0.3 is 7.19 Å². The Hall–Kier alpha value is -0.0451. The van der Waals surface area contributed by atoms with Crippen LogP contribution in [0.15, 0.2) is 0 Å². The van der Waals surface area contributed by atoms with Crippen molar-refractivity contribution in [1.29, 1.82) is 1.43 Å². The van der Waals surface area contributed by atoms with Gasteiger partial charge in [-0.05, 0) is 6.82 Å².